The first-order valence-corrected chi connectivity index (χ1v) is 7.84. The van der Waals surface area contributed by atoms with Crippen LogP contribution >= 0.6 is 24.8 Å². The van der Waals surface area contributed by atoms with Crippen LogP contribution in [-0.2, 0) is 4.74 Å². The summed E-state index contributed by atoms with van der Waals surface area (Å²) in [6.45, 7) is 4.46. The Morgan fingerprint density at radius 1 is 1.15 bits per heavy atom. The largest absolute Gasteiger partial charge is 0.399 e. The standard InChI is InChI=1S/C18H20FN3O2.2ClH/c1-12-2-3-14(20)10-17(12)18(23)21-15-8-13(19)9-16(11-15)22-4-6-24-7-5-22;;/h2-3,8-11H,4-7,20H2,1H3,(H,21,23);2*1H. The number of carbonyl (C=O) groups is 1. The van der Waals surface area contributed by atoms with Gasteiger partial charge >= 0.3 is 0 Å². The first-order chi connectivity index (χ1) is 11.5. The molecule has 1 saturated heterocycles. The SMILES string of the molecule is Cc1ccc(N)cc1C(=O)Nc1cc(F)cc(N2CCOCC2)c1.Cl.Cl. The molecule has 2 aromatic rings. The van der Waals surface area contributed by atoms with E-state index in [0.29, 0.717) is 43.2 Å². The molecule has 5 nitrogen and oxygen atoms in total. The molecule has 1 heterocycles. The Hall–Kier alpha value is -2.02. The Labute approximate surface area is 164 Å². The molecule has 0 spiro atoms. The molecule has 0 bridgehead atoms. The van der Waals surface area contributed by atoms with Gasteiger partial charge in [0.15, 0.2) is 0 Å². The number of nitrogens with zero attached hydrogens (tertiary/aromatic N) is 1. The summed E-state index contributed by atoms with van der Waals surface area (Å²) in [5.74, 6) is -0.697. The van der Waals surface area contributed by atoms with E-state index in [4.69, 9.17) is 10.5 Å². The first kappa shape index (κ1) is 22.0. The minimum absolute atomic E-state index is 0. The fourth-order valence-electron chi connectivity index (χ4n) is 2.73. The van der Waals surface area contributed by atoms with Crippen LogP contribution in [0.2, 0.25) is 0 Å². The van der Waals surface area contributed by atoms with Gasteiger partial charge in [0.2, 0.25) is 0 Å². The number of nitrogens with two attached hydrogens (primary N) is 1. The quantitative estimate of drug-likeness (QED) is 0.770. The highest BCUT2D eigenvalue weighted by molar-refractivity contribution is 6.06. The number of ether oxygens (including phenoxy) is 1. The van der Waals surface area contributed by atoms with E-state index in [1.165, 1.54) is 12.1 Å². The molecule has 26 heavy (non-hydrogen) atoms. The lowest BCUT2D eigenvalue weighted by atomic mass is 10.1. The van der Waals surface area contributed by atoms with Crippen LogP contribution in [0.4, 0.5) is 21.5 Å². The van der Waals surface area contributed by atoms with Crippen molar-refractivity contribution in [3.8, 4) is 0 Å². The third kappa shape index (κ3) is 5.24. The van der Waals surface area contributed by atoms with Gasteiger partial charge in [0.1, 0.15) is 5.82 Å². The Bertz CT molecular complexity index is 768. The lowest BCUT2D eigenvalue weighted by Crippen LogP contribution is -2.36. The zero-order valence-corrected chi connectivity index (χ0v) is 16.0. The highest BCUT2D eigenvalue weighted by Crippen LogP contribution is 2.24. The average molecular weight is 402 g/mol. The number of nitrogen functional groups attached to an aromatic ring is 1. The van der Waals surface area contributed by atoms with Gasteiger partial charge in [-0.25, -0.2) is 4.39 Å². The lowest BCUT2D eigenvalue weighted by Gasteiger charge is -2.29. The van der Waals surface area contributed by atoms with E-state index in [0.717, 1.165) is 11.3 Å². The van der Waals surface area contributed by atoms with Crippen molar-refractivity contribution in [1.29, 1.82) is 0 Å². The number of hydrogen-bond donors (Lipinski definition) is 2. The zero-order valence-electron chi connectivity index (χ0n) is 14.3. The van der Waals surface area contributed by atoms with Gasteiger partial charge in [-0.05, 0) is 42.8 Å². The predicted octanol–water partition coefficient (Wildman–Crippen LogP) is 3.65. The molecule has 142 valence electrons. The van der Waals surface area contributed by atoms with Crippen LogP contribution in [0.5, 0.6) is 0 Å². The van der Waals surface area contributed by atoms with E-state index < -0.39 is 5.82 Å². The second kappa shape index (κ2) is 9.62. The molecular weight excluding hydrogens is 380 g/mol. The number of amides is 1. The molecule has 0 unspecified atom stereocenters. The van der Waals surface area contributed by atoms with Gasteiger partial charge in [0, 0.05) is 35.7 Å². The van der Waals surface area contributed by atoms with E-state index in [9.17, 15) is 9.18 Å². The number of carbonyl (C=O) groups excluding carboxylic acids is 1. The van der Waals surface area contributed by atoms with Gasteiger partial charge in [0.25, 0.3) is 5.91 Å². The second-order valence-corrected chi connectivity index (χ2v) is 5.83. The fraction of sp³-hybridized carbons (Fsp3) is 0.278. The van der Waals surface area contributed by atoms with E-state index >= 15 is 0 Å². The maximum absolute atomic E-state index is 13.9. The molecule has 8 heteroatoms. The fourth-order valence-corrected chi connectivity index (χ4v) is 2.73. The van der Waals surface area contributed by atoms with Crippen LogP contribution in [0.15, 0.2) is 36.4 Å². The van der Waals surface area contributed by atoms with Gasteiger partial charge in [0.05, 0.1) is 13.2 Å². The summed E-state index contributed by atoms with van der Waals surface area (Å²) in [5.41, 5.74) is 8.70. The monoisotopic (exact) mass is 401 g/mol. The van der Waals surface area contributed by atoms with Gasteiger partial charge in [-0.15, -0.1) is 24.8 Å². The van der Waals surface area contributed by atoms with E-state index in [-0.39, 0.29) is 30.7 Å². The molecule has 0 atom stereocenters. The molecule has 0 aromatic heterocycles. The van der Waals surface area contributed by atoms with Crippen molar-refractivity contribution in [3.05, 3.63) is 53.3 Å². The van der Waals surface area contributed by atoms with Crippen LogP contribution < -0.4 is 16.0 Å². The number of rotatable bonds is 3. The number of anilines is 3. The van der Waals surface area contributed by atoms with Crippen molar-refractivity contribution in [2.24, 2.45) is 0 Å². The van der Waals surface area contributed by atoms with Crippen molar-refractivity contribution in [2.75, 3.05) is 42.3 Å². The summed E-state index contributed by atoms with van der Waals surface area (Å²) in [7, 11) is 0. The molecule has 2 aromatic carbocycles. The van der Waals surface area contributed by atoms with Crippen LogP contribution in [0.1, 0.15) is 15.9 Å². The van der Waals surface area contributed by atoms with Crippen molar-refractivity contribution in [2.45, 2.75) is 6.92 Å². The smallest absolute Gasteiger partial charge is 0.256 e. The average Bonchev–Trinajstić information content (AvgIpc) is 2.57. The maximum atomic E-state index is 13.9. The number of nitrogens with one attached hydrogen (secondary N) is 1. The highest BCUT2D eigenvalue weighted by Gasteiger charge is 2.15. The molecule has 0 radical (unpaired) electrons. The topological polar surface area (TPSA) is 67.6 Å². The van der Waals surface area contributed by atoms with Gasteiger partial charge in [-0.3, -0.25) is 4.79 Å². The molecule has 0 aliphatic carbocycles. The maximum Gasteiger partial charge on any atom is 0.256 e. The van der Waals surface area contributed by atoms with E-state index in [2.05, 4.69) is 5.32 Å². The Balaban J connectivity index is 0.00000169. The Morgan fingerprint density at radius 2 is 1.85 bits per heavy atom. The number of benzene rings is 2. The van der Waals surface area contributed by atoms with Gasteiger partial charge < -0.3 is 20.7 Å². The van der Waals surface area contributed by atoms with Crippen molar-refractivity contribution in [1.82, 2.24) is 0 Å². The lowest BCUT2D eigenvalue weighted by molar-refractivity contribution is 0.102. The van der Waals surface area contributed by atoms with Crippen molar-refractivity contribution in [3.63, 3.8) is 0 Å². The minimum Gasteiger partial charge on any atom is -0.399 e. The normalized spacial score (nSPS) is 13.4. The molecule has 1 fully saturated rings. The van der Waals surface area contributed by atoms with E-state index in [1.807, 2.05) is 11.8 Å². The molecule has 0 saturated carbocycles. The van der Waals surface area contributed by atoms with Crippen molar-refractivity contribution >= 4 is 47.8 Å². The Kier molecular flexibility index (Phi) is 8.14. The summed E-state index contributed by atoms with van der Waals surface area (Å²) in [5, 5.41) is 2.75. The number of morpholine rings is 1. The number of hydrogen-bond acceptors (Lipinski definition) is 4. The van der Waals surface area contributed by atoms with Crippen LogP contribution in [-0.4, -0.2) is 32.2 Å². The third-order valence-corrected chi connectivity index (χ3v) is 4.02. The summed E-state index contributed by atoms with van der Waals surface area (Å²) in [6, 6.07) is 9.69. The van der Waals surface area contributed by atoms with Crippen LogP contribution in [0.25, 0.3) is 0 Å². The second-order valence-electron chi connectivity index (χ2n) is 5.83. The third-order valence-electron chi connectivity index (χ3n) is 4.02. The number of halogens is 3. The molecule has 1 aliphatic rings. The van der Waals surface area contributed by atoms with Gasteiger partial charge in [-0.2, -0.15) is 0 Å². The molecule has 3 N–H and O–H groups in total. The van der Waals surface area contributed by atoms with Gasteiger partial charge in [-0.1, -0.05) is 6.07 Å². The van der Waals surface area contributed by atoms with Crippen LogP contribution in [0.3, 0.4) is 0 Å². The van der Waals surface area contributed by atoms with E-state index in [1.54, 1.807) is 24.3 Å². The predicted molar refractivity (Wildman–Crippen MR) is 107 cm³/mol. The molecular formula is C18H22Cl2FN3O2. The molecule has 3 rings (SSSR count). The summed E-state index contributed by atoms with van der Waals surface area (Å²) < 4.78 is 19.3. The minimum atomic E-state index is -0.390. The molecule has 1 amide bonds. The first-order valence-electron chi connectivity index (χ1n) is 7.84. The van der Waals surface area contributed by atoms with Crippen molar-refractivity contribution < 1.29 is 13.9 Å². The summed E-state index contributed by atoms with van der Waals surface area (Å²) in [6.07, 6.45) is 0. The van der Waals surface area contributed by atoms with Crippen LogP contribution in [0, 0.1) is 12.7 Å². The number of aryl methyl sites for hydroxylation is 1. The Morgan fingerprint density at radius 3 is 2.54 bits per heavy atom. The molecule has 1 aliphatic heterocycles. The highest BCUT2D eigenvalue weighted by atomic mass is 35.5. The summed E-state index contributed by atoms with van der Waals surface area (Å²) >= 11 is 0. The zero-order chi connectivity index (χ0) is 17.1. The summed E-state index contributed by atoms with van der Waals surface area (Å²) in [4.78, 5) is 14.5.